The van der Waals surface area contributed by atoms with E-state index in [-0.39, 0.29) is 18.5 Å². The summed E-state index contributed by atoms with van der Waals surface area (Å²) in [6.45, 7) is 4.90. The molecular formula is C65H123NO5. The maximum Gasteiger partial charge on any atom is 0.305 e. The van der Waals surface area contributed by atoms with Gasteiger partial charge < -0.3 is 20.3 Å². The second-order valence-corrected chi connectivity index (χ2v) is 21.7. The Bertz CT molecular complexity index is 1150. The smallest absolute Gasteiger partial charge is 0.305 e. The molecule has 3 N–H and O–H groups in total. The van der Waals surface area contributed by atoms with Crippen molar-refractivity contribution in [2.45, 2.75) is 353 Å². The molecular weight excluding hydrogens is 875 g/mol. The van der Waals surface area contributed by atoms with Crippen LogP contribution in [0.4, 0.5) is 0 Å². The maximum absolute atomic E-state index is 12.5. The average molecular weight is 999 g/mol. The van der Waals surface area contributed by atoms with Crippen molar-refractivity contribution >= 4 is 11.9 Å². The van der Waals surface area contributed by atoms with Crippen LogP contribution < -0.4 is 5.32 Å². The number of carbonyl (C=O) groups excluding carboxylic acids is 2. The summed E-state index contributed by atoms with van der Waals surface area (Å²) in [6, 6.07) is -0.633. The Morgan fingerprint density at radius 2 is 0.662 bits per heavy atom. The lowest BCUT2D eigenvalue weighted by Crippen LogP contribution is -2.45. The Balaban J connectivity index is 3.44. The van der Waals surface area contributed by atoms with Gasteiger partial charge in [-0.15, -0.1) is 0 Å². The molecule has 2 atom stereocenters. The van der Waals surface area contributed by atoms with Crippen molar-refractivity contribution < 1.29 is 24.5 Å². The Morgan fingerprint density at radius 3 is 1.01 bits per heavy atom. The van der Waals surface area contributed by atoms with Crippen LogP contribution in [-0.4, -0.2) is 47.4 Å². The number of aliphatic hydroxyl groups excluding tert-OH is 2. The monoisotopic (exact) mass is 998 g/mol. The number of rotatable bonds is 59. The zero-order chi connectivity index (χ0) is 51.4. The zero-order valence-corrected chi connectivity index (χ0v) is 47.7. The molecule has 0 aliphatic rings. The van der Waals surface area contributed by atoms with Crippen molar-refractivity contribution in [2.75, 3.05) is 13.2 Å². The summed E-state index contributed by atoms with van der Waals surface area (Å²) in [5.41, 5.74) is 0. The van der Waals surface area contributed by atoms with Crippen LogP contribution in [0.25, 0.3) is 0 Å². The Morgan fingerprint density at radius 1 is 0.380 bits per heavy atom. The first kappa shape index (κ1) is 69.1. The van der Waals surface area contributed by atoms with Gasteiger partial charge in [-0.2, -0.15) is 0 Å². The summed E-state index contributed by atoms with van der Waals surface area (Å²) in [5, 5.41) is 23.2. The van der Waals surface area contributed by atoms with Crippen LogP contribution in [0.15, 0.2) is 36.5 Å². The molecule has 0 saturated carbocycles. The number of ether oxygens (including phenoxy) is 1. The summed E-state index contributed by atoms with van der Waals surface area (Å²) in [4.78, 5) is 24.5. The van der Waals surface area contributed by atoms with Crippen LogP contribution in [-0.2, 0) is 14.3 Å². The third kappa shape index (κ3) is 57.2. The third-order valence-electron chi connectivity index (χ3n) is 14.6. The number of unbranched alkanes of at least 4 members (excludes halogenated alkanes) is 44. The molecule has 71 heavy (non-hydrogen) atoms. The molecule has 0 aromatic rings. The van der Waals surface area contributed by atoms with Crippen molar-refractivity contribution in [3.8, 4) is 0 Å². The van der Waals surface area contributed by atoms with E-state index in [0.717, 1.165) is 51.4 Å². The molecule has 6 heteroatoms. The average Bonchev–Trinajstić information content (AvgIpc) is 3.37. The summed E-state index contributed by atoms with van der Waals surface area (Å²) in [6.07, 6.45) is 76.1. The van der Waals surface area contributed by atoms with E-state index in [1.807, 2.05) is 6.08 Å². The molecule has 0 aliphatic carbocycles. The molecule has 0 aromatic carbocycles. The van der Waals surface area contributed by atoms with Crippen LogP contribution in [0.5, 0.6) is 0 Å². The molecule has 0 fully saturated rings. The highest BCUT2D eigenvalue weighted by Crippen LogP contribution is 2.17. The Hall–Kier alpha value is -1.92. The van der Waals surface area contributed by atoms with Gasteiger partial charge in [0.05, 0.1) is 25.4 Å². The largest absolute Gasteiger partial charge is 0.466 e. The van der Waals surface area contributed by atoms with Crippen molar-refractivity contribution in [1.82, 2.24) is 5.32 Å². The minimum Gasteiger partial charge on any atom is -0.466 e. The topological polar surface area (TPSA) is 95.9 Å². The molecule has 0 bridgehead atoms. The van der Waals surface area contributed by atoms with E-state index in [1.54, 1.807) is 6.08 Å². The number of allylic oxidation sites excluding steroid dienone is 5. The molecule has 0 aliphatic heterocycles. The summed E-state index contributed by atoms with van der Waals surface area (Å²) < 4.78 is 5.47. The van der Waals surface area contributed by atoms with E-state index >= 15 is 0 Å². The second kappa shape index (κ2) is 60.6. The predicted molar refractivity (Wildman–Crippen MR) is 310 cm³/mol. The number of hydrogen-bond donors (Lipinski definition) is 3. The first-order chi connectivity index (χ1) is 35.0. The highest BCUT2D eigenvalue weighted by molar-refractivity contribution is 5.76. The lowest BCUT2D eigenvalue weighted by Gasteiger charge is -2.20. The highest BCUT2D eigenvalue weighted by Gasteiger charge is 2.18. The number of carbonyl (C=O) groups is 2. The van der Waals surface area contributed by atoms with Crippen LogP contribution in [0.2, 0.25) is 0 Å². The van der Waals surface area contributed by atoms with Gasteiger partial charge in [-0.1, -0.05) is 281 Å². The molecule has 0 saturated heterocycles. The lowest BCUT2D eigenvalue weighted by molar-refractivity contribution is -0.143. The van der Waals surface area contributed by atoms with Gasteiger partial charge in [0, 0.05) is 12.8 Å². The van der Waals surface area contributed by atoms with E-state index in [2.05, 4.69) is 43.5 Å². The molecule has 6 nitrogen and oxygen atoms in total. The van der Waals surface area contributed by atoms with E-state index in [4.69, 9.17) is 4.74 Å². The van der Waals surface area contributed by atoms with Gasteiger partial charge in [-0.25, -0.2) is 0 Å². The summed E-state index contributed by atoms with van der Waals surface area (Å²) in [5.74, 6) is -0.0706. The van der Waals surface area contributed by atoms with Gasteiger partial charge in [0.2, 0.25) is 5.91 Å². The SMILES string of the molecule is CCCCCC/C=C\CCCCCCCC(=O)OCCCCCCCCCCCCCC/C=C\CCCCCCCCCC(=O)NC(CO)C(O)/C=C/CCCCCCCCCCCCCCCCCC. The van der Waals surface area contributed by atoms with E-state index in [1.165, 1.54) is 263 Å². The van der Waals surface area contributed by atoms with Gasteiger partial charge in [-0.05, 0) is 83.5 Å². The quantitative estimate of drug-likeness (QED) is 0.0321. The van der Waals surface area contributed by atoms with Gasteiger partial charge in [-0.3, -0.25) is 9.59 Å². The van der Waals surface area contributed by atoms with Crippen LogP contribution in [0, 0.1) is 0 Å². The van der Waals surface area contributed by atoms with Gasteiger partial charge in [0.25, 0.3) is 0 Å². The fourth-order valence-electron chi connectivity index (χ4n) is 9.74. The first-order valence-electron chi connectivity index (χ1n) is 31.8. The molecule has 0 spiro atoms. The number of amides is 1. The van der Waals surface area contributed by atoms with Crippen LogP contribution in [0.3, 0.4) is 0 Å². The van der Waals surface area contributed by atoms with Gasteiger partial charge in [0.1, 0.15) is 0 Å². The van der Waals surface area contributed by atoms with Crippen LogP contribution in [0.1, 0.15) is 341 Å². The van der Waals surface area contributed by atoms with Crippen molar-refractivity contribution in [3.63, 3.8) is 0 Å². The van der Waals surface area contributed by atoms with Gasteiger partial charge in [0.15, 0.2) is 0 Å². The maximum atomic E-state index is 12.5. The first-order valence-corrected chi connectivity index (χ1v) is 31.8. The molecule has 0 heterocycles. The normalized spacial score (nSPS) is 12.8. The van der Waals surface area contributed by atoms with Gasteiger partial charge >= 0.3 is 5.97 Å². The standard InChI is InChI=1S/C65H123NO5/c1-3-5-7-9-11-13-15-17-18-19-27-30-34-37-41-45-49-53-57-63(68)62(61-67)66-64(69)58-54-50-46-42-38-35-31-28-25-23-21-20-22-24-26-29-32-36-40-44-48-52-56-60-71-65(70)59-55-51-47-43-39-33-16-14-12-10-8-6-4-2/h14,16,23,25,53,57,62-63,67-68H,3-13,15,17-22,24,26-52,54-56,58-61H2,1-2H3,(H,66,69)/b16-14-,25-23-,57-53+. The second-order valence-electron chi connectivity index (χ2n) is 21.7. The molecule has 418 valence electrons. The van der Waals surface area contributed by atoms with E-state index in [0.29, 0.717) is 19.4 Å². The molecule has 2 unspecified atom stereocenters. The van der Waals surface area contributed by atoms with Crippen molar-refractivity contribution in [3.05, 3.63) is 36.5 Å². The minimum absolute atomic E-state index is 0.00176. The zero-order valence-electron chi connectivity index (χ0n) is 47.7. The third-order valence-corrected chi connectivity index (χ3v) is 14.6. The lowest BCUT2D eigenvalue weighted by atomic mass is 10.0. The number of esters is 1. The predicted octanol–water partition coefficient (Wildman–Crippen LogP) is 20.0. The van der Waals surface area contributed by atoms with E-state index < -0.39 is 12.1 Å². The molecule has 0 radical (unpaired) electrons. The molecule has 0 aromatic heterocycles. The van der Waals surface area contributed by atoms with Crippen molar-refractivity contribution in [1.29, 1.82) is 0 Å². The number of aliphatic hydroxyl groups is 2. The number of hydrogen-bond acceptors (Lipinski definition) is 5. The fraction of sp³-hybridized carbons (Fsp3) is 0.877. The Kier molecular flexibility index (Phi) is 59.0. The highest BCUT2D eigenvalue weighted by atomic mass is 16.5. The van der Waals surface area contributed by atoms with E-state index in [9.17, 15) is 19.8 Å². The summed E-state index contributed by atoms with van der Waals surface area (Å²) >= 11 is 0. The molecule has 0 rings (SSSR count). The molecule has 1 amide bonds. The minimum atomic E-state index is -0.849. The Labute approximate surface area is 443 Å². The van der Waals surface area contributed by atoms with Crippen LogP contribution >= 0.6 is 0 Å². The number of nitrogens with one attached hydrogen (secondary N) is 1. The van der Waals surface area contributed by atoms with Crippen molar-refractivity contribution in [2.24, 2.45) is 0 Å². The fourth-order valence-corrected chi connectivity index (χ4v) is 9.74. The summed E-state index contributed by atoms with van der Waals surface area (Å²) in [7, 11) is 0.